The molecule has 1 aliphatic rings. The molecule has 2 heterocycles. The van der Waals surface area contributed by atoms with Crippen LogP contribution in [-0.4, -0.2) is 63.9 Å². The van der Waals surface area contributed by atoms with Crippen molar-refractivity contribution in [1.82, 2.24) is 19.8 Å². The number of hydrogen-bond donors (Lipinski definition) is 3. The molecule has 1 fully saturated rings. The van der Waals surface area contributed by atoms with Crippen LogP contribution in [0.25, 0.3) is 11.0 Å². The molecule has 3 aromatic rings. The average Bonchev–Trinajstić information content (AvgIpc) is 3.33. The van der Waals surface area contributed by atoms with Crippen LogP contribution < -0.4 is 22.1 Å². The summed E-state index contributed by atoms with van der Waals surface area (Å²) in [6.45, 7) is 8.89. The van der Waals surface area contributed by atoms with E-state index in [4.69, 9.17) is 19.9 Å². The van der Waals surface area contributed by atoms with Crippen LogP contribution >= 0.6 is 0 Å². The molecular weight excluding hydrogens is 666 g/mol. The number of fused-ring (bicyclic) bond motifs is 1. The Morgan fingerprint density at radius 1 is 0.981 bits per heavy atom. The van der Waals surface area contributed by atoms with E-state index in [-0.39, 0.29) is 30.5 Å². The maximum absolute atomic E-state index is 13.1. The Balaban J connectivity index is 1.13. The maximum Gasteiger partial charge on any atom is 0.407 e. The third-order valence-corrected chi connectivity index (χ3v) is 9.20. The van der Waals surface area contributed by atoms with Crippen molar-refractivity contribution in [1.29, 1.82) is 0 Å². The van der Waals surface area contributed by atoms with Gasteiger partial charge in [-0.3, -0.25) is 28.8 Å². The van der Waals surface area contributed by atoms with Gasteiger partial charge >= 0.3 is 11.8 Å². The number of ether oxygens (including phenoxy) is 3. The van der Waals surface area contributed by atoms with Crippen LogP contribution in [0.4, 0.5) is 4.79 Å². The Bertz CT molecular complexity index is 1740. The van der Waals surface area contributed by atoms with E-state index in [1.54, 1.807) is 32.4 Å². The second-order valence-corrected chi connectivity index (χ2v) is 14.6. The number of nitrogens with one attached hydrogen (secondary N) is 2. The third kappa shape index (κ3) is 11.8. The number of alkyl carbamates (subject to hydrolysis) is 1. The molecule has 4 rings (SSSR count). The Morgan fingerprint density at radius 2 is 1.69 bits per heavy atom. The van der Waals surface area contributed by atoms with Gasteiger partial charge in [-0.05, 0) is 95.4 Å². The lowest BCUT2D eigenvalue weighted by molar-refractivity contribution is -0.135. The summed E-state index contributed by atoms with van der Waals surface area (Å²) in [6.07, 6.45) is 5.66. The highest BCUT2D eigenvalue weighted by Crippen LogP contribution is 2.25. The average molecular weight is 722 g/mol. The number of nitrogens with zero attached hydrogens (tertiary/aromatic N) is 2. The zero-order valence-corrected chi connectivity index (χ0v) is 31.2. The number of unbranched alkanes of at least 4 members (excludes halogenated alkanes) is 2. The topological polar surface area (TPSA) is 173 Å². The van der Waals surface area contributed by atoms with Gasteiger partial charge in [-0.25, -0.2) is 9.59 Å². The van der Waals surface area contributed by atoms with E-state index in [0.717, 1.165) is 55.2 Å². The van der Waals surface area contributed by atoms with Crippen molar-refractivity contribution in [3.63, 3.8) is 0 Å². The Labute approximate surface area is 305 Å². The summed E-state index contributed by atoms with van der Waals surface area (Å²) >= 11 is 0. The maximum atomic E-state index is 13.1. The molecule has 1 aromatic heterocycles. The van der Waals surface area contributed by atoms with Gasteiger partial charge in [0.25, 0.3) is 0 Å². The van der Waals surface area contributed by atoms with Crippen LogP contribution in [-0.2, 0) is 55.1 Å². The van der Waals surface area contributed by atoms with Gasteiger partial charge in [0.2, 0.25) is 17.7 Å². The van der Waals surface area contributed by atoms with E-state index in [2.05, 4.69) is 22.8 Å². The lowest BCUT2D eigenvalue weighted by atomic mass is 10.0. The minimum absolute atomic E-state index is 0.128. The molecule has 1 aliphatic heterocycles. The first-order valence-electron chi connectivity index (χ1n) is 18.3. The van der Waals surface area contributed by atoms with Gasteiger partial charge in [-0.1, -0.05) is 42.8 Å². The zero-order valence-electron chi connectivity index (χ0n) is 31.2. The highest BCUT2D eigenvalue weighted by molar-refractivity contribution is 6.00. The lowest BCUT2D eigenvalue weighted by Crippen LogP contribution is -2.45. The van der Waals surface area contributed by atoms with E-state index in [9.17, 15) is 24.0 Å². The predicted octanol–water partition coefficient (Wildman–Crippen LogP) is 4.74. The summed E-state index contributed by atoms with van der Waals surface area (Å²) in [5.74, 6) is -1.18. The quantitative estimate of drug-likeness (QED) is 0.118. The third-order valence-electron chi connectivity index (χ3n) is 9.20. The van der Waals surface area contributed by atoms with Crippen LogP contribution in [0.5, 0.6) is 0 Å². The van der Waals surface area contributed by atoms with Crippen LogP contribution in [0.15, 0.2) is 47.3 Å². The largest absolute Gasteiger partial charge is 0.444 e. The molecule has 0 bridgehead atoms. The number of piperidine rings is 1. The van der Waals surface area contributed by atoms with Crippen LogP contribution in [0.1, 0.15) is 102 Å². The number of para-hydroxylation sites is 1. The molecule has 13 nitrogen and oxygen atoms in total. The number of amides is 4. The molecule has 52 heavy (non-hydrogen) atoms. The first-order valence-corrected chi connectivity index (χ1v) is 18.3. The van der Waals surface area contributed by atoms with Crippen LogP contribution in [0.2, 0.25) is 0 Å². The molecule has 1 saturated heterocycles. The van der Waals surface area contributed by atoms with Gasteiger partial charge in [0, 0.05) is 33.1 Å². The highest BCUT2D eigenvalue weighted by Gasteiger charge is 2.31. The van der Waals surface area contributed by atoms with E-state index in [1.807, 2.05) is 37.3 Å². The molecule has 1 unspecified atom stereocenters. The standard InChI is InChI=1S/C39H55N5O8/c1-26(30(19-21-33(40)45)41-37(48)52-39(2,3)4)51-25-28-17-15-27(16-18-28)11-7-6-8-23-50-24-10-13-29-12-9-14-31-35(29)43(5)38(49)44(31)32-20-22-34(46)42-36(32)47/h9,12,14-18,26,30,32H,6-8,10-11,13,19-25H2,1-5H3,(H2,40,45)(H,41,48)(H,42,46,47)/t26-,30+,32?/m1/s1. The molecule has 2 aromatic carbocycles. The minimum Gasteiger partial charge on any atom is -0.444 e. The zero-order chi connectivity index (χ0) is 37.8. The number of nitrogens with two attached hydrogens (primary N) is 1. The molecule has 4 N–H and O–H groups in total. The summed E-state index contributed by atoms with van der Waals surface area (Å²) in [5, 5.41) is 5.17. The number of aryl methyl sites for hydroxylation is 3. The van der Waals surface area contributed by atoms with Gasteiger partial charge in [0.15, 0.2) is 0 Å². The van der Waals surface area contributed by atoms with Crippen molar-refractivity contribution in [3.8, 4) is 0 Å². The number of carbonyl (C=O) groups is 4. The summed E-state index contributed by atoms with van der Waals surface area (Å²) < 4.78 is 20.5. The first-order chi connectivity index (χ1) is 24.7. The molecule has 284 valence electrons. The SMILES string of the molecule is C[C@@H](OCc1ccc(CCCCCOCCCc2cccc3c2n(C)c(=O)n3C2CCC(=O)NC2=O)cc1)[C@H](CCC(N)=O)NC(=O)OC(C)(C)C. The Morgan fingerprint density at radius 3 is 2.38 bits per heavy atom. The number of imidazole rings is 1. The van der Waals surface area contributed by atoms with Crippen molar-refractivity contribution in [2.75, 3.05) is 13.2 Å². The highest BCUT2D eigenvalue weighted by atomic mass is 16.6. The number of primary amides is 1. The number of carbonyl (C=O) groups excluding carboxylic acids is 4. The number of imide groups is 1. The fourth-order valence-electron chi connectivity index (χ4n) is 6.45. The normalized spacial score (nSPS) is 16.1. The molecule has 0 saturated carbocycles. The molecule has 0 radical (unpaired) electrons. The smallest absolute Gasteiger partial charge is 0.407 e. The second kappa shape index (κ2) is 18.8. The fourth-order valence-corrected chi connectivity index (χ4v) is 6.45. The first kappa shape index (κ1) is 40.3. The van der Waals surface area contributed by atoms with Gasteiger partial charge in [-0.2, -0.15) is 0 Å². The predicted molar refractivity (Wildman–Crippen MR) is 198 cm³/mol. The van der Waals surface area contributed by atoms with Crippen molar-refractivity contribution < 1.29 is 33.4 Å². The number of benzene rings is 2. The van der Waals surface area contributed by atoms with E-state index >= 15 is 0 Å². The number of aromatic nitrogens is 2. The summed E-state index contributed by atoms with van der Waals surface area (Å²) in [5.41, 5.74) is 9.24. The molecule has 0 aliphatic carbocycles. The number of rotatable bonds is 19. The Hall–Kier alpha value is -4.49. The van der Waals surface area contributed by atoms with Crippen molar-refractivity contribution >= 4 is 34.8 Å². The van der Waals surface area contributed by atoms with Crippen molar-refractivity contribution in [2.24, 2.45) is 12.8 Å². The molecule has 3 atom stereocenters. The van der Waals surface area contributed by atoms with Gasteiger partial charge in [0.05, 0.1) is 29.8 Å². The lowest BCUT2D eigenvalue weighted by Gasteiger charge is -2.27. The van der Waals surface area contributed by atoms with E-state index < -0.39 is 35.6 Å². The summed E-state index contributed by atoms with van der Waals surface area (Å²) in [7, 11) is 1.72. The fraction of sp³-hybridized carbons (Fsp3) is 0.564. The van der Waals surface area contributed by atoms with Gasteiger partial charge < -0.3 is 25.3 Å². The second-order valence-electron chi connectivity index (χ2n) is 14.6. The van der Waals surface area contributed by atoms with Gasteiger partial charge in [0.1, 0.15) is 11.6 Å². The number of hydrogen-bond acceptors (Lipinski definition) is 8. The Kier molecular flexibility index (Phi) is 14.6. The molecule has 0 spiro atoms. The molecular formula is C39H55N5O8. The van der Waals surface area contributed by atoms with Crippen LogP contribution in [0, 0.1) is 0 Å². The van der Waals surface area contributed by atoms with Crippen LogP contribution in [0.3, 0.4) is 0 Å². The molecule has 4 amide bonds. The minimum atomic E-state index is -0.696. The van der Waals surface area contributed by atoms with Crippen molar-refractivity contribution in [2.45, 2.75) is 122 Å². The monoisotopic (exact) mass is 721 g/mol. The summed E-state index contributed by atoms with van der Waals surface area (Å²) in [4.78, 5) is 61.0. The molecule has 13 heteroatoms. The van der Waals surface area contributed by atoms with Gasteiger partial charge in [-0.15, -0.1) is 0 Å². The van der Waals surface area contributed by atoms with E-state index in [1.165, 1.54) is 10.1 Å². The van der Waals surface area contributed by atoms with E-state index in [0.29, 0.717) is 38.2 Å². The van der Waals surface area contributed by atoms with Crippen molar-refractivity contribution in [3.05, 3.63) is 69.6 Å². The summed E-state index contributed by atoms with van der Waals surface area (Å²) in [6, 6.07) is 13.0.